The summed E-state index contributed by atoms with van der Waals surface area (Å²) in [5.74, 6) is 0.131. The van der Waals surface area contributed by atoms with E-state index < -0.39 is 0 Å². The van der Waals surface area contributed by atoms with E-state index in [1.54, 1.807) is 11.8 Å². The van der Waals surface area contributed by atoms with E-state index in [-0.39, 0.29) is 11.0 Å². The molecule has 2 nitrogen and oxygen atoms in total. The molecule has 3 rings (SSSR count). The summed E-state index contributed by atoms with van der Waals surface area (Å²) in [7, 11) is 3.90. The fourth-order valence-electron chi connectivity index (χ4n) is 2.50. The van der Waals surface area contributed by atoms with E-state index in [1.807, 2.05) is 67.7 Å². The van der Waals surface area contributed by atoms with Gasteiger partial charge in [-0.05, 0) is 17.7 Å². The molecule has 3 heteroatoms. The van der Waals surface area contributed by atoms with Crippen LogP contribution in [0.5, 0.6) is 0 Å². The summed E-state index contributed by atoms with van der Waals surface area (Å²) < 4.78 is 0. The number of hydrogen-bond donors (Lipinski definition) is 0. The highest BCUT2D eigenvalue weighted by Gasteiger charge is 2.31. The number of benzene rings is 2. The monoisotopic (exact) mass is 295 g/mol. The number of thioether (sulfide) groups is 1. The maximum absolute atomic E-state index is 12.8. The van der Waals surface area contributed by atoms with Gasteiger partial charge in [-0.3, -0.25) is 4.79 Å². The van der Waals surface area contributed by atoms with Crippen LogP contribution >= 0.6 is 11.8 Å². The summed E-state index contributed by atoms with van der Waals surface area (Å²) in [6.07, 6.45) is 1.95. The molecule has 0 amide bonds. The normalized spacial score (nSPS) is 19.4. The lowest BCUT2D eigenvalue weighted by Gasteiger charge is -2.27. The number of rotatable bonds is 2. The highest BCUT2D eigenvalue weighted by molar-refractivity contribution is 8.00. The highest BCUT2D eigenvalue weighted by atomic mass is 32.2. The van der Waals surface area contributed by atoms with Crippen LogP contribution in [0.3, 0.4) is 0 Å². The molecule has 0 fully saturated rings. The Labute approximate surface area is 129 Å². The van der Waals surface area contributed by atoms with E-state index in [9.17, 15) is 4.79 Å². The quantitative estimate of drug-likeness (QED) is 0.776. The molecule has 0 N–H and O–H groups in total. The lowest BCUT2D eigenvalue weighted by Crippen LogP contribution is -2.19. The van der Waals surface area contributed by atoms with Gasteiger partial charge in [-0.2, -0.15) is 0 Å². The van der Waals surface area contributed by atoms with Crippen LogP contribution in [0.4, 0.5) is 0 Å². The van der Waals surface area contributed by atoms with E-state index in [0.717, 1.165) is 16.0 Å². The van der Waals surface area contributed by atoms with E-state index in [2.05, 4.69) is 12.1 Å². The van der Waals surface area contributed by atoms with Gasteiger partial charge in [0.05, 0.1) is 5.25 Å². The molecule has 1 atom stereocenters. The Hall–Kier alpha value is -2.00. The third-order valence-corrected chi connectivity index (χ3v) is 4.79. The summed E-state index contributed by atoms with van der Waals surface area (Å²) >= 11 is 1.75. The fourth-order valence-corrected chi connectivity index (χ4v) is 3.79. The predicted molar refractivity (Wildman–Crippen MR) is 87.6 cm³/mol. The minimum atomic E-state index is 0.0519. The zero-order valence-corrected chi connectivity index (χ0v) is 12.9. The lowest BCUT2D eigenvalue weighted by molar-refractivity contribution is 0.102. The second-order valence-electron chi connectivity index (χ2n) is 5.28. The van der Waals surface area contributed by atoms with Crippen molar-refractivity contribution in [3.8, 4) is 0 Å². The molecule has 2 aromatic rings. The van der Waals surface area contributed by atoms with Gasteiger partial charge >= 0.3 is 0 Å². The maximum Gasteiger partial charge on any atom is 0.193 e. The smallest absolute Gasteiger partial charge is 0.193 e. The van der Waals surface area contributed by atoms with Crippen molar-refractivity contribution >= 4 is 17.5 Å². The van der Waals surface area contributed by atoms with Crippen LogP contribution in [0.25, 0.3) is 0 Å². The number of Topliss-reactive ketones (excluding diaryl/α,β-unsaturated/α-hetero) is 1. The minimum Gasteiger partial charge on any atom is -0.383 e. The van der Waals surface area contributed by atoms with Crippen LogP contribution in [0, 0.1) is 0 Å². The number of nitrogens with zero attached hydrogens (tertiary/aromatic N) is 1. The van der Waals surface area contributed by atoms with Crippen molar-refractivity contribution in [2.75, 3.05) is 14.1 Å². The molecule has 0 radical (unpaired) electrons. The Balaban J connectivity index is 2.12. The number of carbonyl (C=O) groups excluding carboxylic acids is 1. The Kier molecular flexibility index (Phi) is 3.84. The van der Waals surface area contributed by atoms with E-state index in [4.69, 9.17) is 0 Å². The number of hydrogen-bond acceptors (Lipinski definition) is 3. The van der Waals surface area contributed by atoms with Gasteiger partial charge in [0.1, 0.15) is 0 Å². The van der Waals surface area contributed by atoms with Crippen LogP contribution in [0.2, 0.25) is 0 Å². The minimum absolute atomic E-state index is 0.0519. The van der Waals surface area contributed by atoms with Gasteiger partial charge in [0, 0.05) is 36.3 Å². The van der Waals surface area contributed by atoms with Crippen LogP contribution in [-0.2, 0) is 0 Å². The second-order valence-corrected chi connectivity index (χ2v) is 6.43. The molecule has 0 saturated carbocycles. The molecule has 0 bridgehead atoms. The third kappa shape index (κ3) is 2.74. The van der Waals surface area contributed by atoms with Crippen molar-refractivity contribution in [1.29, 1.82) is 0 Å². The summed E-state index contributed by atoms with van der Waals surface area (Å²) in [6, 6.07) is 18.1. The largest absolute Gasteiger partial charge is 0.383 e. The first kappa shape index (κ1) is 14.0. The SMILES string of the molecule is CN(C)C=C1C(=O)c2ccccc2SC1c1ccccc1. The third-order valence-electron chi connectivity index (χ3n) is 3.42. The average molecular weight is 295 g/mol. The molecular weight excluding hydrogens is 278 g/mol. The Bertz CT molecular complexity index is 691. The van der Waals surface area contributed by atoms with Crippen molar-refractivity contribution in [1.82, 2.24) is 4.90 Å². The molecule has 2 aromatic carbocycles. The Morgan fingerprint density at radius 2 is 1.67 bits per heavy atom. The lowest BCUT2D eigenvalue weighted by atomic mass is 9.96. The van der Waals surface area contributed by atoms with Gasteiger partial charge in [-0.25, -0.2) is 0 Å². The number of ketones is 1. The first-order valence-corrected chi connectivity index (χ1v) is 7.78. The van der Waals surface area contributed by atoms with Crippen molar-refractivity contribution in [2.24, 2.45) is 0 Å². The average Bonchev–Trinajstić information content (AvgIpc) is 2.50. The molecule has 1 unspecified atom stereocenters. The zero-order chi connectivity index (χ0) is 14.8. The molecule has 21 heavy (non-hydrogen) atoms. The van der Waals surface area contributed by atoms with Crippen molar-refractivity contribution in [2.45, 2.75) is 10.1 Å². The van der Waals surface area contributed by atoms with E-state index in [0.29, 0.717) is 0 Å². The highest BCUT2D eigenvalue weighted by Crippen LogP contribution is 2.47. The molecule has 106 valence electrons. The first-order chi connectivity index (χ1) is 10.2. The molecule has 0 aliphatic carbocycles. The fraction of sp³-hybridized carbons (Fsp3) is 0.167. The first-order valence-electron chi connectivity index (χ1n) is 6.90. The summed E-state index contributed by atoms with van der Waals surface area (Å²) in [5.41, 5.74) is 2.82. The van der Waals surface area contributed by atoms with Gasteiger partial charge in [0.2, 0.25) is 0 Å². The van der Waals surface area contributed by atoms with Gasteiger partial charge in [-0.1, -0.05) is 42.5 Å². The van der Waals surface area contributed by atoms with Crippen LogP contribution < -0.4 is 0 Å². The van der Waals surface area contributed by atoms with Crippen LogP contribution in [-0.4, -0.2) is 24.8 Å². The van der Waals surface area contributed by atoms with Crippen molar-refractivity contribution < 1.29 is 4.79 Å². The Morgan fingerprint density at radius 3 is 2.38 bits per heavy atom. The molecule has 0 saturated heterocycles. The second kappa shape index (κ2) is 5.78. The Morgan fingerprint density at radius 1 is 1.00 bits per heavy atom. The van der Waals surface area contributed by atoms with E-state index >= 15 is 0 Å². The number of fused-ring (bicyclic) bond motifs is 1. The van der Waals surface area contributed by atoms with Crippen molar-refractivity contribution in [3.05, 3.63) is 77.5 Å². The molecule has 1 aliphatic heterocycles. The summed E-state index contributed by atoms with van der Waals surface area (Å²) in [6.45, 7) is 0. The van der Waals surface area contributed by atoms with Crippen LogP contribution in [0.1, 0.15) is 21.2 Å². The topological polar surface area (TPSA) is 20.3 Å². The summed E-state index contributed by atoms with van der Waals surface area (Å²) in [5, 5.41) is 0.0519. The van der Waals surface area contributed by atoms with Crippen molar-refractivity contribution in [3.63, 3.8) is 0 Å². The van der Waals surface area contributed by atoms with Gasteiger partial charge in [-0.15, -0.1) is 11.8 Å². The van der Waals surface area contributed by atoms with Crippen LogP contribution in [0.15, 0.2) is 71.3 Å². The molecule has 0 spiro atoms. The molecule has 1 aliphatic rings. The van der Waals surface area contributed by atoms with Gasteiger partial charge in [0.25, 0.3) is 0 Å². The standard InChI is InChI=1S/C18H17NOS/c1-19(2)12-15-17(20)14-10-6-7-11-16(14)21-18(15)13-8-4-3-5-9-13/h3-12,18H,1-2H3. The molecular formula is C18H17NOS. The summed E-state index contributed by atoms with van der Waals surface area (Å²) in [4.78, 5) is 15.8. The zero-order valence-electron chi connectivity index (χ0n) is 12.1. The van der Waals surface area contributed by atoms with E-state index in [1.165, 1.54) is 5.56 Å². The predicted octanol–water partition coefficient (Wildman–Crippen LogP) is 4.16. The molecule has 0 aromatic heterocycles. The van der Waals surface area contributed by atoms with Gasteiger partial charge < -0.3 is 4.90 Å². The number of carbonyl (C=O) groups is 1. The maximum atomic E-state index is 12.8. The van der Waals surface area contributed by atoms with Gasteiger partial charge in [0.15, 0.2) is 5.78 Å². The molecule has 1 heterocycles.